The third kappa shape index (κ3) is 2.80. The zero-order valence-electron chi connectivity index (χ0n) is 7.77. The van der Waals surface area contributed by atoms with Gasteiger partial charge in [0.25, 0.3) is 0 Å². The molecule has 1 saturated heterocycles. The van der Waals surface area contributed by atoms with Crippen molar-refractivity contribution in [2.45, 2.75) is 32.7 Å². The van der Waals surface area contributed by atoms with Crippen LogP contribution in [0.1, 0.15) is 26.7 Å². The summed E-state index contributed by atoms with van der Waals surface area (Å²) in [4.78, 5) is 2.49. The molecule has 1 unspecified atom stereocenters. The van der Waals surface area contributed by atoms with Crippen molar-refractivity contribution < 1.29 is 0 Å². The summed E-state index contributed by atoms with van der Waals surface area (Å²) in [5, 5.41) is 3.51. The average molecular weight is 156 g/mol. The molecular weight excluding hydrogens is 136 g/mol. The van der Waals surface area contributed by atoms with Crippen LogP contribution in [0.3, 0.4) is 0 Å². The van der Waals surface area contributed by atoms with Crippen LogP contribution in [0.25, 0.3) is 0 Å². The van der Waals surface area contributed by atoms with Crippen molar-refractivity contribution in [2.75, 3.05) is 26.2 Å². The topological polar surface area (TPSA) is 15.3 Å². The van der Waals surface area contributed by atoms with Gasteiger partial charge in [-0.05, 0) is 32.5 Å². The van der Waals surface area contributed by atoms with E-state index >= 15 is 0 Å². The number of hydrogen-bond donors (Lipinski definition) is 1. The predicted molar refractivity (Wildman–Crippen MR) is 48.8 cm³/mol. The number of nitrogens with zero attached hydrogens (tertiary/aromatic N) is 1. The van der Waals surface area contributed by atoms with Crippen LogP contribution in [0, 0.1) is 0 Å². The monoisotopic (exact) mass is 156 g/mol. The van der Waals surface area contributed by atoms with E-state index < -0.39 is 0 Å². The van der Waals surface area contributed by atoms with Crippen LogP contribution in [0.4, 0.5) is 0 Å². The Kier molecular flexibility index (Phi) is 3.87. The minimum absolute atomic E-state index is 0.773. The molecule has 1 heterocycles. The van der Waals surface area contributed by atoms with Crippen molar-refractivity contribution in [1.29, 1.82) is 0 Å². The molecule has 1 fully saturated rings. The summed E-state index contributed by atoms with van der Waals surface area (Å²) < 4.78 is 0. The third-order valence-corrected chi connectivity index (χ3v) is 2.54. The highest BCUT2D eigenvalue weighted by Gasteiger charge is 2.15. The van der Waals surface area contributed by atoms with Crippen molar-refractivity contribution in [2.24, 2.45) is 0 Å². The molecule has 0 aromatic rings. The summed E-state index contributed by atoms with van der Waals surface area (Å²) in [7, 11) is 0. The first-order valence-electron chi connectivity index (χ1n) is 4.82. The van der Waals surface area contributed by atoms with E-state index in [4.69, 9.17) is 0 Å². The lowest BCUT2D eigenvalue weighted by atomic mass is 10.2. The van der Waals surface area contributed by atoms with Gasteiger partial charge in [-0.1, -0.05) is 13.8 Å². The zero-order valence-corrected chi connectivity index (χ0v) is 7.77. The lowest BCUT2D eigenvalue weighted by molar-refractivity contribution is 0.274. The number of hydrogen-bond acceptors (Lipinski definition) is 2. The van der Waals surface area contributed by atoms with Gasteiger partial charge in [-0.3, -0.25) is 0 Å². The molecule has 0 aromatic heterocycles. The smallest absolute Gasteiger partial charge is 0.0195 e. The second-order valence-electron chi connectivity index (χ2n) is 3.28. The summed E-state index contributed by atoms with van der Waals surface area (Å²) in [5.41, 5.74) is 0. The minimum Gasteiger partial charge on any atom is -0.313 e. The summed E-state index contributed by atoms with van der Waals surface area (Å²) >= 11 is 0. The van der Waals surface area contributed by atoms with Gasteiger partial charge in [0, 0.05) is 12.6 Å². The molecule has 1 N–H and O–H groups in total. The Morgan fingerprint density at radius 3 is 2.55 bits per heavy atom. The van der Waals surface area contributed by atoms with Gasteiger partial charge in [0.2, 0.25) is 0 Å². The second-order valence-corrected chi connectivity index (χ2v) is 3.28. The fraction of sp³-hybridized carbons (Fsp3) is 1.00. The molecule has 11 heavy (non-hydrogen) atoms. The molecule has 0 spiro atoms. The molecule has 0 saturated carbocycles. The van der Waals surface area contributed by atoms with Gasteiger partial charge >= 0.3 is 0 Å². The molecule has 66 valence electrons. The van der Waals surface area contributed by atoms with E-state index in [0.717, 1.165) is 6.04 Å². The molecule has 1 atom stereocenters. The highest BCUT2D eigenvalue weighted by Crippen LogP contribution is 2.06. The van der Waals surface area contributed by atoms with E-state index in [0.29, 0.717) is 0 Å². The highest BCUT2D eigenvalue weighted by molar-refractivity contribution is 4.76. The van der Waals surface area contributed by atoms with Crippen LogP contribution in [-0.2, 0) is 0 Å². The molecule has 1 aliphatic heterocycles. The first kappa shape index (κ1) is 9.01. The van der Waals surface area contributed by atoms with Crippen molar-refractivity contribution in [3.63, 3.8) is 0 Å². The number of nitrogens with one attached hydrogen (secondary N) is 1. The van der Waals surface area contributed by atoms with Gasteiger partial charge in [-0.25, -0.2) is 0 Å². The van der Waals surface area contributed by atoms with Crippen molar-refractivity contribution in [1.82, 2.24) is 10.2 Å². The van der Waals surface area contributed by atoms with Gasteiger partial charge < -0.3 is 10.2 Å². The number of likely N-dealkylation sites (N-methyl/N-ethyl adjacent to an activating group) is 1. The van der Waals surface area contributed by atoms with Crippen LogP contribution in [0.15, 0.2) is 0 Å². The molecule has 2 heteroatoms. The highest BCUT2D eigenvalue weighted by atomic mass is 15.1. The Labute approximate surface area is 70.0 Å². The maximum absolute atomic E-state index is 3.51. The number of rotatable bonds is 4. The van der Waals surface area contributed by atoms with Gasteiger partial charge in [-0.15, -0.1) is 0 Å². The molecule has 0 aromatic carbocycles. The molecule has 1 rings (SSSR count). The lowest BCUT2D eigenvalue weighted by Crippen LogP contribution is -2.37. The van der Waals surface area contributed by atoms with Crippen LogP contribution < -0.4 is 5.32 Å². The SMILES string of the molecule is CCN(CC)CC1CCCN1. The third-order valence-electron chi connectivity index (χ3n) is 2.54. The summed E-state index contributed by atoms with van der Waals surface area (Å²) in [6, 6.07) is 0.773. The average Bonchev–Trinajstić information content (AvgIpc) is 2.52. The van der Waals surface area contributed by atoms with Gasteiger partial charge in [0.1, 0.15) is 0 Å². The molecule has 2 nitrogen and oxygen atoms in total. The van der Waals surface area contributed by atoms with E-state index in [9.17, 15) is 0 Å². The lowest BCUT2D eigenvalue weighted by Gasteiger charge is -2.22. The molecule has 0 aliphatic carbocycles. The molecule has 0 bridgehead atoms. The first-order chi connectivity index (χ1) is 5.36. The maximum Gasteiger partial charge on any atom is 0.0195 e. The van der Waals surface area contributed by atoms with Gasteiger partial charge in [0.15, 0.2) is 0 Å². The fourth-order valence-corrected chi connectivity index (χ4v) is 1.71. The minimum atomic E-state index is 0.773. The second kappa shape index (κ2) is 4.73. The molecule has 0 radical (unpaired) electrons. The normalized spacial score (nSPS) is 24.8. The van der Waals surface area contributed by atoms with Crippen molar-refractivity contribution in [3.05, 3.63) is 0 Å². The van der Waals surface area contributed by atoms with Crippen LogP contribution in [0.5, 0.6) is 0 Å². The summed E-state index contributed by atoms with van der Waals surface area (Å²) in [5.74, 6) is 0. The summed E-state index contributed by atoms with van der Waals surface area (Å²) in [6.45, 7) is 9.32. The van der Waals surface area contributed by atoms with E-state index in [1.54, 1.807) is 0 Å². The fourth-order valence-electron chi connectivity index (χ4n) is 1.71. The van der Waals surface area contributed by atoms with Crippen molar-refractivity contribution in [3.8, 4) is 0 Å². The molecule has 1 aliphatic rings. The van der Waals surface area contributed by atoms with Gasteiger partial charge in [-0.2, -0.15) is 0 Å². The molecule has 0 amide bonds. The predicted octanol–water partition coefficient (Wildman–Crippen LogP) is 1.08. The standard InChI is InChI=1S/C9H20N2/c1-3-11(4-2)8-9-6-5-7-10-9/h9-10H,3-8H2,1-2H3. The van der Waals surface area contributed by atoms with E-state index in [-0.39, 0.29) is 0 Å². The largest absolute Gasteiger partial charge is 0.313 e. The van der Waals surface area contributed by atoms with E-state index in [2.05, 4.69) is 24.1 Å². The zero-order chi connectivity index (χ0) is 8.10. The van der Waals surface area contributed by atoms with Crippen LogP contribution >= 0.6 is 0 Å². The first-order valence-corrected chi connectivity index (χ1v) is 4.82. The van der Waals surface area contributed by atoms with Gasteiger partial charge in [0.05, 0.1) is 0 Å². The maximum atomic E-state index is 3.51. The van der Waals surface area contributed by atoms with E-state index in [1.165, 1.54) is 39.0 Å². The van der Waals surface area contributed by atoms with Crippen LogP contribution in [0.2, 0.25) is 0 Å². The Morgan fingerprint density at radius 2 is 2.09 bits per heavy atom. The Morgan fingerprint density at radius 1 is 1.36 bits per heavy atom. The Hall–Kier alpha value is -0.0800. The van der Waals surface area contributed by atoms with Crippen LogP contribution in [-0.4, -0.2) is 37.1 Å². The van der Waals surface area contributed by atoms with Crippen molar-refractivity contribution >= 4 is 0 Å². The Bertz CT molecular complexity index is 93.7. The summed E-state index contributed by atoms with van der Waals surface area (Å²) in [6.07, 6.45) is 2.74. The van der Waals surface area contributed by atoms with E-state index in [1.807, 2.05) is 0 Å². The molecular formula is C9H20N2. The Balaban J connectivity index is 2.16. The quantitative estimate of drug-likeness (QED) is 0.655.